The summed E-state index contributed by atoms with van der Waals surface area (Å²) in [4.78, 5) is 16.5. The minimum absolute atomic E-state index is 0.0134. The van der Waals surface area contributed by atoms with Crippen molar-refractivity contribution in [2.45, 2.75) is 13.0 Å². The Balaban J connectivity index is 1.54. The number of halogens is 1. The van der Waals surface area contributed by atoms with Gasteiger partial charge in [0.15, 0.2) is 0 Å². The molecular weight excluding hydrogens is 389 g/mol. The van der Waals surface area contributed by atoms with Gasteiger partial charge in [-0.25, -0.2) is 4.98 Å². The highest BCUT2D eigenvalue weighted by Crippen LogP contribution is 2.12. The molecule has 0 aliphatic heterocycles. The smallest absolute Gasteiger partial charge is 0.252 e. The van der Waals surface area contributed by atoms with Gasteiger partial charge in [0.05, 0.1) is 22.9 Å². The van der Waals surface area contributed by atoms with Crippen LogP contribution < -0.4 is 5.32 Å². The fourth-order valence-corrected chi connectivity index (χ4v) is 3.01. The van der Waals surface area contributed by atoms with Crippen LogP contribution in [0.25, 0.3) is 11.0 Å². The molecule has 0 unspecified atom stereocenters. The maximum Gasteiger partial charge on any atom is 0.252 e. The molecule has 0 spiro atoms. The first kappa shape index (κ1) is 15.0. The number of aromatic nitrogens is 2. The van der Waals surface area contributed by atoms with E-state index in [9.17, 15) is 4.79 Å². The molecule has 0 fully saturated rings. The number of imidazole rings is 1. The number of nitrogens with zero attached hydrogens (tertiary/aromatic N) is 2. The van der Waals surface area contributed by atoms with Crippen LogP contribution in [0.2, 0.25) is 0 Å². The molecule has 1 amide bonds. The van der Waals surface area contributed by atoms with Crippen molar-refractivity contribution in [1.29, 1.82) is 0 Å². The average Bonchev–Trinajstić information content (AvgIpc) is 2.95. The summed E-state index contributed by atoms with van der Waals surface area (Å²) in [6.07, 6.45) is 2.72. The monoisotopic (exact) mass is 405 g/mol. The minimum atomic E-state index is -0.0134. The molecule has 5 heteroatoms. The largest absolute Gasteiger partial charge is 0.352 e. The molecule has 2 aromatic carbocycles. The molecule has 22 heavy (non-hydrogen) atoms. The molecule has 3 aromatic rings. The van der Waals surface area contributed by atoms with Crippen LogP contribution in [0.3, 0.4) is 0 Å². The van der Waals surface area contributed by atoms with Gasteiger partial charge in [-0.3, -0.25) is 4.79 Å². The first-order valence-electron chi connectivity index (χ1n) is 7.18. The van der Waals surface area contributed by atoms with Gasteiger partial charge in [-0.05, 0) is 53.3 Å². The third-order valence-corrected chi connectivity index (χ3v) is 4.45. The molecular formula is C17H16IN3O. The van der Waals surface area contributed by atoms with Crippen LogP contribution in [0.1, 0.15) is 16.8 Å². The maximum absolute atomic E-state index is 12.1. The lowest BCUT2D eigenvalue weighted by Crippen LogP contribution is -2.25. The van der Waals surface area contributed by atoms with Gasteiger partial charge in [0.2, 0.25) is 0 Å². The van der Waals surface area contributed by atoms with Crippen LogP contribution in [-0.4, -0.2) is 22.0 Å². The SMILES string of the molecule is O=C(NCCCn1cnc2ccccc21)c1ccccc1I. The second kappa shape index (κ2) is 6.91. The highest BCUT2D eigenvalue weighted by atomic mass is 127. The van der Waals surface area contributed by atoms with Crippen molar-refractivity contribution in [2.75, 3.05) is 6.54 Å². The molecule has 0 atom stereocenters. The third-order valence-electron chi connectivity index (χ3n) is 3.51. The lowest BCUT2D eigenvalue weighted by atomic mass is 10.2. The number of fused-ring (bicyclic) bond motifs is 1. The van der Waals surface area contributed by atoms with Gasteiger partial charge in [0.25, 0.3) is 5.91 Å². The van der Waals surface area contributed by atoms with Crippen LogP contribution in [0, 0.1) is 3.57 Å². The molecule has 0 aliphatic rings. The molecule has 0 saturated heterocycles. The summed E-state index contributed by atoms with van der Waals surface area (Å²) >= 11 is 2.18. The molecule has 0 aliphatic carbocycles. The van der Waals surface area contributed by atoms with Crippen LogP contribution >= 0.6 is 22.6 Å². The maximum atomic E-state index is 12.1. The number of amides is 1. The van der Waals surface area contributed by atoms with Gasteiger partial charge in [-0.1, -0.05) is 24.3 Å². The third kappa shape index (κ3) is 3.30. The van der Waals surface area contributed by atoms with Crippen molar-refractivity contribution in [3.05, 3.63) is 64.0 Å². The standard InChI is InChI=1S/C17H16IN3O/c18-14-7-2-1-6-13(14)17(22)19-10-5-11-21-12-20-15-8-3-4-9-16(15)21/h1-4,6-9,12H,5,10-11H2,(H,19,22). The lowest BCUT2D eigenvalue weighted by molar-refractivity contribution is 0.0952. The summed E-state index contributed by atoms with van der Waals surface area (Å²) in [6.45, 7) is 1.49. The number of aryl methyl sites for hydroxylation is 1. The zero-order valence-electron chi connectivity index (χ0n) is 12.0. The number of hydrogen-bond acceptors (Lipinski definition) is 2. The number of para-hydroxylation sites is 2. The summed E-state index contributed by atoms with van der Waals surface area (Å²) in [5.41, 5.74) is 2.87. The Kier molecular flexibility index (Phi) is 4.72. The van der Waals surface area contributed by atoms with Crippen LogP contribution in [0.5, 0.6) is 0 Å². The normalized spacial score (nSPS) is 10.8. The van der Waals surface area contributed by atoms with Crippen molar-refractivity contribution in [1.82, 2.24) is 14.9 Å². The topological polar surface area (TPSA) is 46.9 Å². The van der Waals surface area contributed by atoms with Crippen LogP contribution in [0.4, 0.5) is 0 Å². The van der Waals surface area contributed by atoms with Gasteiger partial charge >= 0.3 is 0 Å². The van der Waals surface area contributed by atoms with Crippen molar-refractivity contribution in [3.63, 3.8) is 0 Å². The van der Waals surface area contributed by atoms with E-state index in [1.807, 2.05) is 48.8 Å². The van der Waals surface area contributed by atoms with Crippen molar-refractivity contribution < 1.29 is 4.79 Å². The Morgan fingerprint density at radius 1 is 1.14 bits per heavy atom. The lowest BCUT2D eigenvalue weighted by Gasteiger charge is -2.08. The molecule has 112 valence electrons. The Bertz CT molecular complexity index is 797. The van der Waals surface area contributed by atoms with Gasteiger partial charge in [0, 0.05) is 16.7 Å². The zero-order valence-corrected chi connectivity index (χ0v) is 14.2. The first-order valence-corrected chi connectivity index (χ1v) is 8.26. The second-order valence-electron chi connectivity index (χ2n) is 5.02. The van der Waals surface area contributed by atoms with E-state index >= 15 is 0 Å². The fourth-order valence-electron chi connectivity index (χ4n) is 2.38. The van der Waals surface area contributed by atoms with E-state index in [-0.39, 0.29) is 5.91 Å². The van der Waals surface area contributed by atoms with E-state index in [2.05, 4.69) is 43.5 Å². The predicted octanol–water partition coefficient (Wildman–Crippen LogP) is 3.46. The van der Waals surface area contributed by atoms with Gasteiger partial charge in [0.1, 0.15) is 0 Å². The van der Waals surface area contributed by atoms with Gasteiger partial charge in [-0.15, -0.1) is 0 Å². The highest BCUT2D eigenvalue weighted by Gasteiger charge is 2.08. The number of benzene rings is 2. The summed E-state index contributed by atoms with van der Waals surface area (Å²) < 4.78 is 3.09. The van der Waals surface area contributed by atoms with Crippen LogP contribution in [-0.2, 0) is 6.54 Å². The number of nitrogens with one attached hydrogen (secondary N) is 1. The molecule has 0 bridgehead atoms. The van der Waals surface area contributed by atoms with Gasteiger partial charge in [-0.2, -0.15) is 0 Å². The van der Waals surface area contributed by atoms with Crippen molar-refractivity contribution in [3.8, 4) is 0 Å². The molecule has 0 radical (unpaired) electrons. The van der Waals surface area contributed by atoms with E-state index < -0.39 is 0 Å². The van der Waals surface area contributed by atoms with E-state index in [0.717, 1.165) is 33.1 Å². The summed E-state index contributed by atoms with van der Waals surface area (Å²) in [6, 6.07) is 15.7. The van der Waals surface area contributed by atoms with Crippen molar-refractivity contribution >= 4 is 39.5 Å². The predicted molar refractivity (Wildman–Crippen MR) is 95.8 cm³/mol. The Labute approximate surface area is 142 Å². The van der Waals surface area contributed by atoms with Gasteiger partial charge < -0.3 is 9.88 Å². The Hall–Kier alpha value is -1.89. The molecule has 1 N–H and O–H groups in total. The number of rotatable bonds is 5. The summed E-state index contributed by atoms with van der Waals surface area (Å²) in [5, 5.41) is 2.97. The number of carbonyl (C=O) groups is 1. The van der Waals surface area contributed by atoms with E-state index in [1.165, 1.54) is 0 Å². The van der Waals surface area contributed by atoms with E-state index in [0.29, 0.717) is 6.54 Å². The van der Waals surface area contributed by atoms with E-state index in [4.69, 9.17) is 0 Å². The average molecular weight is 405 g/mol. The number of carbonyl (C=O) groups excluding carboxylic acids is 1. The quantitative estimate of drug-likeness (QED) is 0.522. The van der Waals surface area contributed by atoms with E-state index in [1.54, 1.807) is 0 Å². The van der Waals surface area contributed by atoms with Crippen molar-refractivity contribution in [2.24, 2.45) is 0 Å². The second-order valence-corrected chi connectivity index (χ2v) is 6.18. The Morgan fingerprint density at radius 2 is 1.91 bits per heavy atom. The molecule has 3 rings (SSSR count). The highest BCUT2D eigenvalue weighted by molar-refractivity contribution is 14.1. The molecule has 1 heterocycles. The molecule has 1 aromatic heterocycles. The van der Waals surface area contributed by atoms with Crippen LogP contribution in [0.15, 0.2) is 54.9 Å². The zero-order chi connectivity index (χ0) is 15.4. The first-order chi connectivity index (χ1) is 10.8. The molecule has 0 saturated carbocycles. The summed E-state index contributed by atoms with van der Waals surface area (Å²) in [7, 11) is 0. The minimum Gasteiger partial charge on any atom is -0.352 e. The Morgan fingerprint density at radius 3 is 2.77 bits per heavy atom. The molecule has 4 nitrogen and oxygen atoms in total. The fraction of sp³-hybridized carbons (Fsp3) is 0.176. The number of hydrogen-bond donors (Lipinski definition) is 1. The summed E-state index contributed by atoms with van der Waals surface area (Å²) in [5.74, 6) is -0.0134.